The number of hydrogen-bond acceptors (Lipinski definition) is 5. The van der Waals surface area contributed by atoms with E-state index in [0.717, 1.165) is 29.8 Å². The number of amides is 1. The Morgan fingerprint density at radius 2 is 1.86 bits per heavy atom. The number of rotatable bonds is 4. The standard InChI is InChI=1S/C19H20F2N6O/c1-13-22-23-17-5-6-18(24-27(13)17)25-8-10-26(11-9-25)19(28)7-2-14-12-15(20)3-4-16(14)21/h3-6,12H,2,7-11H2,1H3. The third kappa shape index (κ3) is 3.64. The van der Waals surface area contributed by atoms with Gasteiger partial charge in [0.1, 0.15) is 17.5 Å². The number of piperazine rings is 1. The highest BCUT2D eigenvalue weighted by Crippen LogP contribution is 2.16. The minimum Gasteiger partial charge on any atom is -0.352 e. The van der Waals surface area contributed by atoms with Crippen LogP contribution in [0.15, 0.2) is 30.3 Å². The molecule has 2 aromatic heterocycles. The van der Waals surface area contributed by atoms with E-state index in [9.17, 15) is 13.6 Å². The fraction of sp³-hybridized carbons (Fsp3) is 0.368. The summed E-state index contributed by atoms with van der Waals surface area (Å²) in [7, 11) is 0. The summed E-state index contributed by atoms with van der Waals surface area (Å²) in [5.74, 6) is 0.496. The molecule has 146 valence electrons. The van der Waals surface area contributed by atoms with Crippen molar-refractivity contribution in [3.8, 4) is 0 Å². The maximum atomic E-state index is 13.7. The van der Waals surface area contributed by atoms with Gasteiger partial charge in [0.25, 0.3) is 0 Å². The van der Waals surface area contributed by atoms with E-state index in [1.165, 1.54) is 0 Å². The van der Waals surface area contributed by atoms with Crippen LogP contribution in [0.1, 0.15) is 17.8 Å². The van der Waals surface area contributed by atoms with Crippen molar-refractivity contribution in [1.29, 1.82) is 0 Å². The summed E-state index contributed by atoms with van der Waals surface area (Å²) in [6, 6.07) is 7.08. The Hall–Kier alpha value is -3.10. The van der Waals surface area contributed by atoms with E-state index in [4.69, 9.17) is 0 Å². The van der Waals surface area contributed by atoms with E-state index < -0.39 is 11.6 Å². The summed E-state index contributed by atoms with van der Waals surface area (Å²) in [4.78, 5) is 16.3. The van der Waals surface area contributed by atoms with Crippen molar-refractivity contribution >= 4 is 17.4 Å². The molecule has 1 amide bonds. The van der Waals surface area contributed by atoms with E-state index in [1.807, 2.05) is 19.1 Å². The molecule has 1 aromatic carbocycles. The minimum atomic E-state index is -0.495. The Morgan fingerprint density at radius 1 is 1.07 bits per heavy atom. The molecule has 1 aliphatic heterocycles. The number of nitrogens with zero attached hydrogens (tertiary/aromatic N) is 6. The lowest BCUT2D eigenvalue weighted by Crippen LogP contribution is -2.49. The predicted octanol–water partition coefficient (Wildman–Crippen LogP) is 1.99. The van der Waals surface area contributed by atoms with Gasteiger partial charge in [0, 0.05) is 32.6 Å². The SMILES string of the molecule is Cc1nnc2ccc(N3CCN(C(=O)CCc4cc(F)ccc4F)CC3)nn12. The van der Waals surface area contributed by atoms with Crippen molar-refractivity contribution in [2.45, 2.75) is 19.8 Å². The van der Waals surface area contributed by atoms with Crippen molar-refractivity contribution in [2.75, 3.05) is 31.1 Å². The first kappa shape index (κ1) is 18.3. The highest BCUT2D eigenvalue weighted by molar-refractivity contribution is 5.76. The average Bonchev–Trinajstić information content (AvgIpc) is 3.09. The lowest BCUT2D eigenvalue weighted by molar-refractivity contribution is -0.131. The molecule has 1 aliphatic rings. The highest BCUT2D eigenvalue weighted by Gasteiger charge is 2.22. The second kappa shape index (κ2) is 7.49. The van der Waals surface area contributed by atoms with Crippen molar-refractivity contribution in [3.05, 3.63) is 53.4 Å². The van der Waals surface area contributed by atoms with E-state index in [-0.39, 0.29) is 24.3 Å². The molecule has 0 radical (unpaired) electrons. The Labute approximate surface area is 160 Å². The molecule has 0 N–H and O–H groups in total. The Bertz CT molecular complexity index is 1010. The number of aromatic nitrogens is 4. The zero-order chi connectivity index (χ0) is 19.7. The van der Waals surface area contributed by atoms with Crippen LogP contribution < -0.4 is 4.90 Å². The van der Waals surface area contributed by atoms with Crippen LogP contribution in [0, 0.1) is 18.6 Å². The van der Waals surface area contributed by atoms with Gasteiger partial charge in [0.15, 0.2) is 11.5 Å². The maximum absolute atomic E-state index is 13.7. The molecule has 0 spiro atoms. The highest BCUT2D eigenvalue weighted by atomic mass is 19.1. The zero-order valence-corrected chi connectivity index (χ0v) is 15.5. The van der Waals surface area contributed by atoms with Crippen molar-refractivity contribution < 1.29 is 13.6 Å². The van der Waals surface area contributed by atoms with Gasteiger partial charge in [-0.15, -0.1) is 15.3 Å². The first-order valence-electron chi connectivity index (χ1n) is 9.17. The van der Waals surface area contributed by atoms with Gasteiger partial charge in [-0.3, -0.25) is 4.79 Å². The van der Waals surface area contributed by atoms with Crippen molar-refractivity contribution in [3.63, 3.8) is 0 Å². The number of hydrogen-bond donors (Lipinski definition) is 0. The molecule has 1 saturated heterocycles. The molecule has 4 rings (SSSR count). The van der Waals surface area contributed by atoms with Gasteiger partial charge in [-0.2, -0.15) is 4.52 Å². The van der Waals surface area contributed by atoms with Gasteiger partial charge in [-0.25, -0.2) is 8.78 Å². The first-order valence-corrected chi connectivity index (χ1v) is 9.17. The van der Waals surface area contributed by atoms with E-state index >= 15 is 0 Å². The van der Waals surface area contributed by atoms with Crippen LogP contribution in [0.4, 0.5) is 14.6 Å². The number of halogens is 2. The van der Waals surface area contributed by atoms with E-state index in [0.29, 0.717) is 31.8 Å². The van der Waals surface area contributed by atoms with Crippen LogP contribution in [0.5, 0.6) is 0 Å². The van der Waals surface area contributed by atoms with Crippen molar-refractivity contribution in [1.82, 2.24) is 24.7 Å². The molecule has 0 bridgehead atoms. The second-order valence-electron chi connectivity index (χ2n) is 6.81. The molecule has 1 fully saturated rings. The fourth-order valence-corrected chi connectivity index (χ4v) is 3.37. The van der Waals surface area contributed by atoms with Crippen LogP contribution >= 0.6 is 0 Å². The van der Waals surface area contributed by atoms with Gasteiger partial charge in [-0.05, 0) is 49.2 Å². The second-order valence-corrected chi connectivity index (χ2v) is 6.81. The molecule has 3 heterocycles. The first-order chi connectivity index (χ1) is 13.5. The van der Waals surface area contributed by atoms with Gasteiger partial charge >= 0.3 is 0 Å². The molecular weight excluding hydrogens is 366 g/mol. The number of benzene rings is 1. The molecule has 0 aliphatic carbocycles. The summed E-state index contributed by atoms with van der Waals surface area (Å²) in [6.07, 6.45) is 0.345. The quantitative estimate of drug-likeness (QED) is 0.686. The normalized spacial score (nSPS) is 14.7. The molecule has 28 heavy (non-hydrogen) atoms. The molecule has 0 atom stereocenters. The molecule has 7 nitrogen and oxygen atoms in total. The number of carbonyl (C=O) groups is 1. The Balaban J connectivity index is 1.34. The number of aryl methyl sites for hydroxylation is 2. The Kier molecular flexibility index (Phi) is 4.89. The van der Waals surface area contributed by atoms with Gasteiger partial charge in [-0.1, -0.05) is 0 Å². The fourth-order valence-electron chi connectivity index (χ4n) is 3.37. The Morgan fingerprint density at radius 3 is 2.64 bits per heavy atom. The molecule has 0 saturated carbocycles. The summed E-state index contributed by atoms with van der Waals surface area (Å²) < 4.78 is 28.6. The van der Waals surface area contributed by atoms with Crippen molar-refractivity contribution in [2.24, 2.45) is 0 Å². The van der Waals surface area contributed by atoms with Gasteiger partial charge in [0.2, 0.25) is 5.91 Å². The molecule has 9 heteroatoms. The predicted molar refractivity (Wildman–Crippen MR) is 99.0 cm³/mol. The monoisotopic (exact) mass is 386 g/mol. The summed E-state index contributed by atoms with van der Waals surface area (Å²) in [5, 5.41) is 12.6. The maximum Gasteiger partial charge on any atom is 0.223 e. The summed E-state index contributed by atoms with van der Waals surface area (Å²) in [5.41, 5.74) is 0.924. The van der Waals surface area contributed by atoms with Gasteiger partial charge < -0.3 is 9.80 Å². The summed E-state index contributed by atoms with van der Waals surface area (Å²) in [6.45, 7) is 4.27. The smallest absolute Gasteiger partial charge is 0.223 e. The number of anilines is 1. The van der Waals surface area contributed by atoms with Gasteiger partial charge in [0.05, 0.1) is 0 Å². The average molecular weight is 386 g/mol. The lowest BCUT2D eigenvalue weighted by atomic mass is 10.1. The minimum absolute atomic E-state index is 0.0543. The summed E-state index contributed by atoms with van der Waals surface area (Å²) >= 11 is 0. The number of fused-ring (bicyclic) bond motifs is 1. The third-order valence-corrected chi connectivity index (χ3v) is 4.98. The number of carbonyl (C=O) groups excluding carboxylic acids is 1. The van der Waals surface area contributed by atoms with Crippen LogP contribution in [-0.2, 0) is 11.2 Å². The van der Waals surface area contributed by atoms with Crippen LogP contribution in [0.3, 0.4) is 0 Å². The van der Waals surface area contributed by atoms with E-state index in [2.05, 4.69) is 20.2 Å². The topological polar surface area (TPSA) is 66.6 Å². The lowest BCUT2D eigenvalue weighted by Gasteiger charge is -2.35. The molecule has 0 unspecified atom stereocenters. The van der Waals surface area contributed by atoms with Crippen LogP contribution in [0.25, 0.3) is 5.65 Å². The van der Waals surface area contributed by atoms with Crippen LogP contribution in [0.2, 0.25) is 0 Å². The third-order valence-electron chi connectivity index (χ3n) is 4.98. The van der Waals surface area contributed by atoms with Crippen LogP contribution in [-0.4, -0.2) is 56.8 Å². The zero-order valence-electron chi connectivity index (χ0n) is 15.5. The van der Waals surface area contributed by atoms with E-state index in [1.54, 1.807) is 9.42 Å². The molecular formula is C19H20F2N6O. The largest absolute Gasteiger partial charge is 0.352 e. The molecule has 3 aromatic rings.